The lowest BCUT2D eigenvalue weighted by atomic mass is 10.2. The van der Waals surface area contributed by atoms with Gasteiger partial charge in [-0.05, 0) is 6.42 Å². The van der Waals surface area contributed by atoms with Crippen LogP contribution in [0.3, 0.4) is 0 Å². The molecule has 1 aromatic heterocycles. The lowest BCUT2D eigenvalue weighted by molar-refractivity contribution is -0.886. The van der Waals surface area contributed by atoms with Crippen molar-refractivity contribution in [1.82, 2.24) is 10.1 Å². The molecule has 0 spiro atoms. The van der Waals surface area contributed by atoms with Crippen molar-refractivity contribution in [3.63, 3.8) is 0 Å². The lowest BCUT2D eigenvalue weighted by Gasteiger charge is -2.23. The van der Waals surface area contributed by atoms with E-state index in [2.05, 4.69) is 21.9 Å². The highest BCUT2D eigenvalue weighted by Crippen LogP contribution is 2.04. The molecule has 0 saturated carbocycles. The average Bonchev–Trinajstić information content (AvgIpc) is 3.22. The summed E-state index contributed by atoms with van der Waals surface area (Å²) in [5, 5.41) is 6.30. The van der Waals surface area contributed by atoms with E-state index in [9.17, 15) is 9.59 Å². The molecule has 0 radical (unpaired) electrons. The molecular weight excluding hydrogens is 296 g/mol. The van der Waals surface area contributed by atoms with Crippen LogP contribution in [0.1, 0.15) is 39.0 Å². The molecule has 128 valence electrons. The lowest BCUT2D eigenvalue weighted by Crippen LogP contribution is -3.10. The number of hydrogen-bond donors (Lipinski definition) is 2. The third kappa shape index (κ3) is 6.02. The molecule has 1 saturated heterocycles. The van der Waals surface area contributed by atoms with Gasteiger partial charge in [0, 0.05) is 25.3 Å². The van der Waals surface area contributed by atoms with Crippen molar-refractivity contribution in [2.24, 2.45) is 0 Å². The summed E-state index contributed by atoms with van der Waals surface area (Å²) in [4.78, 5) is 27.6. The molecular formula is C16H27N4O3+. The van der Waals surface area contributed by atoms with Crippen molar-refractivity contribution in [3.05, 3.63) is 12.3 Å². The van der Waals surface area contributed by atoms with Crippen molar-refractivity contribution in [3.8, 4) is 0 Å². The first-order valence-corrected chi connectivity index (χ1v) is 8.50. The van der Waals surface area contributed by atoms with Gasteiger partial charge in [-0.25, -0.2) is 0 Å². The molecule has 0 bridgehead atoms. The minimum atomic E-state index is -0.236. The number of anilines is 1. The van der Waals surface area contributed by atoms with Gasteiger partial charge in [0.15, 0.2) is 5.82 Å². The summed E-state index contributed by atoms with van der Waals surface area (Å²) in [6.07, 6.45) is 6.25. The summed E-state index contributed by atoms with van der Waals surface area (Å²) in [5.74, 6) is 0.196. The van der Waals surface area contributed by atoms with Crippen molar-refractivity contribution < 1.29 is 19.0 Å². The zero-order valence-corrected chi connectivity index (χ0v) is 13.8. The summed E-state index contributed by atoms with van der Waals surface area (Å²) in [6.45, 7) is 6.01. The van der Waals surface area contributed by atoms with Crippen molar-refractivity contribution in [2.45, 2.75) is 39.0 Å². The molecule has 0 aromatic carbocycles. The van der Waals surface area contributed by atoms with E-state index in [4.69, 9.17) is 0 Å². The number of aromatic nitrogens is 1. The van der Waals surface area contributed by atoms with Crippen LogP contribution in [-0.2, 0) is 9.59 Å². The van der Waals surface area contributed by atoms with Crippen molar-refractivity contribution in [1.29, 1.82) is 0 Å². The van der Waals surface area contributed by atoms with Crippen LogP contribution in [0.25, 0.3) is 0 Å². The standard InChI is InChI=1S/C16H26N4O3/c1-2-3-6-16(22)20(11-10-19-8-4-5-9-19)13-15(21)17-14-7-12-23-18-14/h7,12H,2-6,8-11,13H2,1H3,(H,17,18,21)/p+1. The van der Waals surface area contributed by atoms with Crippen molar-refractivity contribution >= 4 is 17.6 Å². The molecule has 7 nitrogen and oxygen atoms in total. The monoisotopic (exact) mass is 323 g/mol. The number of nitrogens with zero attached hydrogens (tertiary/aromatic N) is 2. The van der Waals surface area contributed by atoms with Crippen LogP contribution in [0.4, 0.5) is 5.82 Å². The van der Waals surface area contributed by atoms with Gasteiger partial charge in [-0.15, -0.1) is 0 Å². The molecule has 1 aliphatic rings. The number of unbranched alkanes of at least 4 members (excludes halogenated alkanes) is 1. The van der Waals surface area contributed by atoms with Gasteiger partial charge in [0.1, 0.15) is 12.8 Å². The zero-order chi connectivity index (χ0) is 16.5. The van der Waals surface area contributed by atoms with Gasteiger partial charge in [0.05, 0.1) is 26.2 Å². The van der Waals surface area contributed by atoms with Crippen LogP contribution < -0.4 is 10.2 Å². The van der Waals surface area contributed by atoms with Crippen LogP contribution in [0.2, 0.25) is 0 Å². The van der Waals surface area contributed by atoms with Crippen LogP contribution in [-0.4, -0.2) is 54.6 Å². The minimum absolute atomic E-state index is 0.0562. The first-order valence-electron chi connectivity index (χ1n) is 8.50. The first kappa shape index (κ1) is 17.5. The van der Waals surface area contributed by atoms with Gasteiger partial charge >= 0.3 is 0 Å². The summed E-state index contributed by atoms with van der Waals surface area (Å²) in [6, 6.07) is 1.58. The average molecular weight is 323 g/mol. The van der Waals surface area contributed by atoms with Crippen LogP contribution in [0.5, 0.6) is 0 Å². The van der Waals surface area contributed by atoms with E-state index in [1.54, 1.807) is 11.0 Å². The van der Waals surface area contributed by atoms with Crippen LogP contribution >= 0.6 is 0 Å². The van der Waals surface area contributed by atoms with E-state index in [1.807, 2.05) is 0 Å². The van der Waals surface area contributed by atoms with E-state index < -0.39 is 0 Å². The summed E-state index contributed by atoms with van der Waals surface area (Å²) in [5.41, 5.74) is 0. The second-order valence-electron chi connectivity index (χ2n) is 6.06. The van der Waals surface area contributed by atoms with E-state index in [-0.39, 0.29) is 18.4 Å². The SMILES string of the molecule is CCCCC(=O)N(CC[NH+]1CCCC1)CC(=O)Nc1ccon1. The van der Waals surface area contributed by atoms with Gasteiger partial charge in [-0.2, -0.15) is 0 Å². The molecule has 23 heavy (non-hydrogen) atoms. The number of nitrogens with one attached hydrogen (secondary N) is 2. The molecule has 0 aliphatic carbocycles. The molecule has 0 unspecified atom stereocenters. The van der Waals surface area contributed by atoms with Crippen LogP contribution in [0, 0.1) is 0 Å². The Morgan fingerprint density at radius 2 is 2.17 bits per heavy atom. The Morgan fingerprint density at radius 1 is 1.39 bits per heavy atom. The highest BCUT2D eigenvalue weighted by molar-refractivity contribution is 5.93. The Balaban J connectivity index is 1.85. The second-order valence-corrected chi connectivity index (χ2v) is 6.06. The quantitative estimate of drug-likeness (QED) is 0.685. The fourth-order valence-electron chi connectivity index (χ4n) is 2.83. The Labute approximate surface area is 137 Å². The fraction of sp³-hybridized carbons (Fsp3) is 0.688. The minimum Gasteiger partial charge on any atom is -0.363 e. The molecule has 0 atom stereocenters. The van der Waals surface area contributed by atoms with E-state index >= 15 is 0 Å². The molecule has 2 heterocycles. The van der Waals surface area contributed by atoms with Gasteiger partial charge < -0.3 is 19.6 Å². The third-order valence-corrected chi connectivity index (χ3v) is 4.18. The smallest absolute Gasteiger partial charge is 0.245 e. The predicted molar refractivity (Wildman–Crippen MR) is 86.0 cm³/mol. The Morgan fingerprint density at radius 3 is 2.83 bits per heavy atom. The second kappa shape index (κ2) is 9.29. The molecule has 7 heteroatoms. The number of amides is 2. The maximum atomic E-state index is 12.3. The van der Waals surface area contributed by atoms with Gasteiger partial charge in [-0.1, -0.05) is 18.5 Å². The zero-order valence-electron chi connectivity index (χ0n) is 13.8. The number of carbonyl (C=O) groups excluding carboxylic acids is 2. The Bertz CT molecular complexity index is 484. The Hall–Kier alpha value is -1.89. The molecule has 2 N–H and O–H groups in total. The maximum absolute atomic E-state index is 12.3. The first-order chi connectivity index (χ1) is 11.2. The van der Waals surface area contributed by atoms with Crippen LogP contribution in [0.15, 0.2) is 16.9 Å². The van der Waals surface area contributed by atoms with E-state index in [0.29, 0.717) is 18.8 Å². The van der Waals surface area contributed by atoms with E-state index in [1.165, 1.54) is 37.1 Å². The molecule has 2 amide bonds. The number of quaternary nitrogens is 1. The van der Waals surface area contributed by atoms with Crippen molar-refractivity contribution in [2.75, 3.05) is 38.0 Å². The van der Waals surface area contributed by atoms with Gasteiger partial charge in [0.25, 0.3) is 0 Å². The normalized spacial score (nSPS) is 14.8. The third-order valence-electron chi connectivity index (χ3n) is 4.18. The number of likely N-dealkylation sites (tertiary alicyclic amines) is 1. The summed E-state index contributed by atoms with van der Waals surface area (Å²) >= 11 is 0. The van der Waals surface area contributed by atoms with E-state index in [0.717, 1.165) is 19.4 Å². The molecule has 1 aromatic rings. The Kier molecular flexibility index (Phi) is 7.06. The van der Waals surface area contributed by atoms with Gasteiger partial charge in [0.2, 0.25) is 11.8 Å². The molecule has 1 fully saturated rings. The number of rotatable bonds is 9. The molecule has 2 rings (SSSR count). The highest BCUT2D eigenvalue weighted by atomic mass is 16.5. The number of carbonyl (C=O) groups is 2. The highest BCUT2D eigenvalue weighted by Gasteiger charge is 2.21. The number of hydrogen-bond acceptors (Lipinski definition) is 4. The largest absolute Gasteiger partial charge is 0.363 e. The fourth-order valence-corrected chi connectivity index (χ4v) is 2.83. The topological polar surface area (TPSA) is 79.9 Å². The summed E-state index contributed by atoms with van der Waals surface area (Å²) in [7, 11) is 0. The van der Waals surface area contributed by atoms with Gasteiger partial charge in [-0.3, -0.25) is 9.59 Å². The summed E-state index contributed by atoms with van der Waals surface area (Å²) < 4.78 is 4.69. The maximum Gasteiger partial charge on any atom is 0.245 e. The molecule has 1 aliphatic heterocycles. The predicted octanol–water partition coefficient (Wildman–Crippen LogP) is 0.311.